The maximum Gasteiger partial charge on any atom is 0.254 e. The van der Waals surface area contributed by atoms with Crippen molar-refractivity contribution in [3.8, 4) is 0 Å². The molecule has 4 heteroatoms. The second kappa shape index (κ2) is 7.48. The van der Waals surface area contributed by atoms with Crippen LogP contribution in [0.5, 0.6) is 0 Å². The number of carbonyl (C=O) groups excluding carboxylic acids is 1. The first-order valence-corrected chi connectivity index (χ1v) is 9.82. The van der Waals surface area contributed by atoms with Crippen LogP contribution in [0.25, 0.3) is 0 Å². The number of hydrogen-bond donors (Lipinski definition) is 0. The summed E-state index contributed by atoms with van der Waals surface area (Å²) in [6.45, 7) is 5.12. The number of benzene rings is 1. The van der Waals surface area contributed by atoms with Gasteiger partial charge in [0, 0.05) is 30.9 Å². The molecule has 2 saturated heterocycles. The number of likely N-dealkylation sites (tertiary alicyclic amines) is 1. The summed E-state index contributed by atoms with van der Waals surface area (Å²) in [7, 11) is 0. The van der Waals surface area contributed by atoms with Crippen LogP contribution in [0.15, 0.2) is 42.5 Å². The first kappa shape index (κ1) is 17.1. The van der Waals surface area contributed by atoms with E-state index in [1.807, 2.05) is 35.2 Å². The van der Waals surface area contributed by atoms with Crippen molar-refractivity contribution in [1.82, 2.24) is 9.88 Å². The molecule has 26 heavy (non-hydrogen) atoms. The Labute approximate surface area is 155 Å². The van der Waals surface area contributed by atoms with Gasteiger partial charge in [-0.15, -0.1) is 0 Å². The van der Waals surface area contributed by atoms with Crippen molar-refractivity contribution in [2.45, 2.75) is 45.1 Å². The molecule has 1 atom stereocenters. The molecule has 1 aromatic carbocycles. The van der Waals surface area contributed by atoms with Gasteiger partial charge in [-0.3, -0.25) is 4.79 Å². The van der Waals surface area contributed by atoms with Crippen molar-refractivity contribution in [1.29, 1.82) is 0 Å². The molecule has 0 bridgehead atoms. The second-order valence-electron chi connectivity index (χ2n) is 7.41. The molecule has 4 nitrogen and oxygen atoms in total. The molecule has 3 heterocycles. The van der Waals surface area contributed by atoms with Gasteiger partial charge in [0.1, 0.15) is 5.82 Å². The van der Waals surface area contributed by atoms with E-state index in [9.17, 15) is 4.79 Å². The maximum absolute atomic E-state index is 13.0. The fourth-order valence-corrected chi connectivity index (χ4v) is 4.29. The third-order valence-electron chi connectivity index (χ3n) is 5.69. The van der Waals surface area contributed by atoms with Gasteiger partial charge < -0.3 is 9.80 Å². The summed E-state index contributed by atoms with van der Waals surface area (Å²) in [5, 5.41) is 0. The summed E-state index contributed by atoms with van der Waals surface area (Å²) in [5.74, 6) is 1.22. The van der Waals surface area contributed by atoms with E-state index in [0.717, 1.165) is 49.6 Å². The van der Waals surface area contributed by atoms with E-state index < -0.39 is 0 Å². The van der Waals surface area contributed by atoms with E-state index in [1.165, 1.54) is 24.8 Å². The summed E-state index contributed by atoms with van der Waals surface area (Å²) in [4.78, 5) is 22.3. The number of aromatic nitrogens is 1. The summed E-state index contributed by atoms with van der Waals surface area (Å²) >= 11 is 0. The van der Waals surface area contributed by atoms with Crippen LogP contribution in [-0.4, -0.2) is 35.4 Å². The van der Waals surface area contributed by atoms with Gasteiger partial charge >= 0.3 is 0 Å². The molecule has 2 aliphatic heterocycles. The van der Waals surface area contributed by atoms with Crippen LogP contribution in [0.4, 0.5) is 5.82 Å². The molecule has 0 saturated carbocycles. The average Bonchev–Trinajstić information content (AvgIpc) is 3.18. The highest BCUT2D eigenvalue weighted by atomic mass is 16.2. The molecule has 0 unspecified atom stereocenters. The molecular weight excluding hydrogens is 322 g/mol. The lowest BCUT2D eigenvalue weighted by Crippen LogP contribution is -2.32. The fraction of sp³-hybridized carbons (Fsp3) is 0.455. The minimum absolute atomic E-state index is 0.132. The molecular formula is C22H27N3O. The summed E-state index contributed by atoms with van der Waals surface area (Å²) in [6, 6.07) is 14.1. The summed E-state index contributed by atoms with van der Waals surface area (Å²) < 4.78 is 0. The van der Waals surface area contributed by atoms with Crippen molar-refractivity contribution < 1.29 is 4.79 Å². The lowest BCUT2D eigenvalue weighted by Gasteiger charge is -2.30. The molecule has 2 fully saturated rings. The van der Waals surface area contributed by atoms with E-state index in [1.54, 1.807) is 0 Å². The van der Waals surface area contributed by atoms with E-state index >= 15 is 0 Å². The molecule has 2 aromatic rings. The number of anilines is 1. The van der Waals surface area contributed by atoms with Gasteiger partial charge in [0.2, 0.25) is 0 Å². The highest BCUT2D eigenvalue weighted by Gasteiger charge is 2.32. The average molecular weight is 349 g/mol. The molecule has 0 spiro atoms. The van der Waals surface area contributed by atoms with E-state index in [4.69, 9.17) is 4.98 Å². The van der Waals surface area contributed by atoms with Gasteiger partial charge in [0.15, 0.2) is 0 Å². The van der Waals surface area contributed by atoms with Crippen LogP contribution < -0.4 is 4.90 Å². The van der Waals surface area contributed by atoms with E-state index in [2.05, 4.69) is 24.0 Å². The van der Waals surface area contributed by atoms with E-state index in [0.29, 0.717) is 0 Å². The molecule has 0 aliphatic carbocycles. The Kier molecular flexibility index (Phi) is 4.91. The van der Waals surface area contributed by atoms with Crippen molar-refractivity contribution in [2.75, 3.05) is 24.5 Å². The molecule has 136 valence electrons. The lowest BCUT2D eigenvalue weighted by molar-refractivity contribution is 0.0735. The zero-order valence-electron chi connectivity index (χ0n) is 15.5. The predicted octanol–water partition coefficient (Wildman–Crippen LogP) is 4.36. The quantitative estimate of drug-likeness (QED) is 0.826. The summed E-state index contributed by atoms with van der Waals surface area (Å²) in [6.07, 6.45) is 5.90. The molecule has 0 radical (unpaired) electrons. The Morgan fingerprint density at radius 2 is 1.73 bits per heavy atom. The number of piperidine rings is 1. The van der Waals surface area contributed by atoms with E-state index in [-0.39, 0.29) is 11.9 Å². The number of rotatable bonds is 3. The maximum atomic E-state index is 13.0. The van der Waals surface area contributed by atoms with Crippen LogP contribution in [0.2, 0.25) is 0 Å². The second-order valence-corrected chi connectivity index (χ2v) is 7.41. The third kappa shape index (κ3) is 3.33. The number of amides is 1. The molecule has 1 aromatic heterocycles. The zero-order valence-corrected chi connectivity index (χ0v) is 15.5. The number of aryl methyl sites for hydroxylation is 1. The SMILES string of the molecule is Cc1nc(N2CCCCC2)ccc1[C@@H]1CCCN1C(=O)c1ccccc1. The minimum Gasteiger partial charge on any atom is -0.357 e. The minimum atomic E-state index is 0.132. The number of carbonyl (C=O) groups is 1. The highest BCUT2D eigenvalue weighted by molar-refractivity contribution is 5.94. The van der Waals surface area contributed by atoms with Gasteiger partial charge in [-0.1, -0.05) is 24.3 Å². The Bertz CT molecular complexity index is 768. The molecule has 0 N–H and O–H groups in total. The lowest BCUT2D eigenvalue weighted by atomic mass is 10.0. The predicted molar refractivity (Wildman–Crippen MR) is 104 cm³/mol. The number of hydrogen-bond acceptors (Lipinski definition) is 3. The van der Waals surface area contributed by atoms with Gasteiger partial charge in [0.25, 0.3) is 5.91 Å². The zero-order chi connectivity index (χ0) is 17.9. The summed E-state index contributed by atoms with van der Waals surface area (Å²) in [5.41, 5.74) is 3.04. The van der Waals surface area contributed by atoms with Gasteiger partial charge in [-0.25, -0.2) is 4.98 Å². The van der Waals surface area contributed by atoms with Gasteiger partial charge in [0.05, 0.1) is 6.04 Å². The van der Waals surface area contributed by atoms with Crippen molar-refractivity contribution >= 4 is 11.7 Å². The topological polar surface area (TPSA) is 36.4 Å². The smallest absolute Gasteiger partial charge is 0.254 e. The Hall–Kier alpha value is -2.36. The van der Waals surface area contributed by atoms with Gasteiger partial charge in [-0.05, 0) is 62.8 Å². The van der Waals surface area contributed by atoms with Crippen LogP contribution in [0, 0.1) is 6.92 Å². The Balaban J connectivity index is 1.57. The van der Waals surface area contributed by atoms with Crippen molar-refractivity contribution in [3.63, 3.8) is 0 Å². The highest BCUT2D eigenvalue weighted by Crippen LogP contribution is 2.35. The monoisotopic (exact) mass is 349 g/mol. The van der Waals surface area contributed by atoms with Crippen LogP contribution in [0.3, 0.4) is 0 Å². The largest absolute Gasteiger partial charge is 0.357 e. The fourth-order valence-electron chi connectivity index (χ4n) is 4.29. The van der Waals surface area contributed by atoms with Crippen LogP contribution >= 0.6 is 0 Å². The van der Waals surface area contributed by atoms with Gasteiger partial charge in [-0.2, -0.15) is 0 Å². The normalized spacial score (nSPS) is 20.4. The number of nitrogens with zero attached hydrogens (tertiary/aromatic N) is 3. The molecule has 2 aliphatic rings. The standard InChI is InChI=1S/C22H27N3O/c1-17-19(12-13-21(23-17)24-14-6-3-7-15-24)20-11-8-16-25(20)22(26)18-9-4-2-5-10-18/h2,4-5,9-10,12-13,20H,3,6-8,11,14-16H2,1H3/t20-/m0/s1. The van der Waals surface area contributed by atoms with Crippen LogP contribution in [0.1, 0.15) is 59.8 Å². The first-order chi connectivity index (χ1) is 12.7. The number of pyridine rings is 1. The first-order valence-electron chi connectivity index (χ1n) is 9.82. The van der Waals surface area contributed by atoms with Crippen molar-refractivity contribution in [3.05, 3.63) is 59.3 Å². The van der Waals surface area contributed by atoms with Crippen molar-refractivity contribution in [2.24, 2.45) is 0 Å². The Morgan fingerprint density at radius 1 is 0.962 bits per heavy atom. The Morgan fingerprint density at radius 3 is 2.46 bits per heavy atom. The third-order valence-corrected chi connectivity index (χ3v) is 5.69. The molecule has 1 amide bonds. The molecule has 4 rings (SSSR count). The van der Waals surface area contributed by atoms with Crippen LogP contribution in [-0.2, 0) is 0 Å².